The van der Waals surface area contributed by atoms with Crippen molar-refractivity contribution in [1.82, 2.24) is 0 Å². The number of para-hydroxylation sites is 1. The summed E-state index contributed by atoms with van der Waals surface area (Å²) in [6.45, 7) is 2.25. The average molecular weight is 532 g/mol. The van der Waals surface area contributed by atoms with Crippen LogP contribution in [0.5, 0.6) is 5.75 Å². The Labute approximate surface area is 211 Å². The Morgan fingerprint density at radius 1 is 1.09 bits per heavy atom. The summed E-state index contributed by atoms with van der Waals surface area (Å²) in [7, 11) is 0. The molecular formula is C28H20BrClN2O2. The van der Waals surface area contributed by atoms with Gasteiger partial charge in [0.05, 0.1) is 15.2 Å². The number of carbonyl (C=O) groups is 1. The standard InChI is InChI=1S/C28H20BrClN2O2/c1-18-6-4-11-25(30)27(18)32-28(33)22(16-31)14-19-12-13-26(24(29)15-19)34-17-21-9-5-8-20-7-2-3-10-23(20)21/h2-15H,17H2,1H3,(H,32,33)/b22-14+. The molecular weight excluding hydrogens is 512 g/mol. The smallest absolute Gasteiger partial charge is 0.266 e. The first-order valence-corrected chi connectivity index (χ1v) is 11.7. The summed E-state index contributed by atoms with van der Waals surface area (Å²) in [6.07, 6.45) is 1.53. The summed E-state index contributed by atoms with van der Waals surface area (Å²) >= 11 is 9.73. The number of nitrogens with one attached hydrogen (secondary N) is 1. The average Bonchev–Trinajstić information content (AvgIpc) is 2.84. The van der Waals surface area contributed by atoms with Gasteiger partial charge in [0.15, 0.2) is 0 Å². The van der Waals surface area contributed by atoms with E-state index in [1.165, 1.54) is 6.08 Å². The van der Waals surface area contributed by atoms with Gasteiger partial charge >= 0.3 is 0 Å². The molecule has 4 nitrogen and oxygen atoms in total. The number of amides is 1. The summed E-state index contributed by atoms with van der Waals surface area (Å²) in [5.41, 5.74) is 3.05. The fourth-order valence-corrected chi connectivity index (χ4v) is 4.36. The molecule has 168 valence electrons. The summed E-state index contributed by atoms with van der Waals surface area (Å²) in [5.74, 6) is 0.144. The second-order valence-corrected chi connectivity index (χ2v) is 8.93. The van der Waals surface area contributed by atoms with Crippen LogP contribution < -0.4 is 10.1 Å². The Morgan fingerprint density at radius 3 is 2.62 bits per heavy atom. The van der Waals surface area contributed by atoms with E-state index < -0.39 is 5.91 Å². The minimum Gasteiger partial charge on any atom is -0.488 e. The van der Waals surface area contributed by atoms with E-state index in [1.54, 1.807) is 18.2 Å². The van der Waals surface area contributed by atoms with Crippen LogP contribution in [-0.2, 0) is 11.4 Å². The Bertz CT molecular complexity index is 1430. The minimum atomic E-state index is -0.522. The van der Waals surface area contributed by atoms with Gasteiger partial charge in [0, 0.05) is 0 Å². The highest BCUT2D eigenvalue weighted by atomic mass is 79.9. The van der Waals surface area contributed by atoms with Crippen molar-refractivity contribution in [2.75, 3.05) is 5.32 Å². The maximum Gasteiger partial charge on any atom is 0.266 e. The molecule has 0 unspecified atom stereocenters. The molecule has 0 heterocycles. The Balaban J connectivity index is 1.50. The van der Waals surface area contributed by atoms with E-state index in [-0.39, 0.29) is 5.57 Å². The van der Waals surface area contributed by atoms with Gasteiger partial charge in [0.25, 0.3) is 5.91 Å². The molecule has 4 aromatic carbocycles. The number of rotatable bonds is 6. The van der Waals surface area contributed by atoms with Crippen molar-refractivity contribution in [2.24, 2.45) is 0 Å². The van der Waals surface area contributed by atoms with E-state index in [4.69, 9.17) is 16.3 Å². The van der Waals surface area contributed by atoms with Crippen molar-refractivity contribution in [1.29, 1.82) is 5.26 Å². The molecule has 4 aromatic rings. The van der Waals surface area contributed by atoms with E-state index in [0.717, 1.165) is 26.4 Å². The van der Waals surface area contributed by atoms with Gasteiger partial charge in [-0.25, -0.2) is 0 Å². The van der Waals surface area contributed by atoms with E-state index in [1.807, 2.05) is 55.5 Å². The number of halogens is 2. The lowest BCUT2D eigenvalue weighted by atomic mass is 10.1. The first kappa shape index (κ1) is 23.6. The number of ether oxygens (including phenoxy) is 1. The second-order valence-electron chi connectivity index (χ2n) is 7.67. The maximum absolute atomic E-state index is 12.7. The summed E-state index contributed by atoms with van der Waals surface area (Å²) in [5, 5.41) is 15.0. The fourth-order valence-electron chi connectivity index (χ4n) is 3.58. The molecule has 34 heavy (non-hydrogen) atoms. The Hall–Kier alpha value is -3.59. The van der Waals surface area contributed by atoms with Crippen LogP contribution in [0.4, 0.5) is 5.69 Å². The second kappa shape index (κ2) is 10.6. The summed E-state index contributed by atoms with van der Waals surface area (Å²) in [6, 6.07) is 27.0. The Morgan fingerprint density at radius 2 is 1.85 bits per heavy atom. The molecule has 0 radical (unpaired) electrons. The lowest BCUT2D eigenvalue weighted by molar-refractivity contribution is -0.112. The van der Waals surface area contributed by atoms with Crippen LogP contribution in [0.1, 0.15) is 16.7 Å². The number of benzene rings is 4. The Kier molecular flexibility index (Phi) is 7.32. The van der Waals surface area contributed by atoms with Gasteiger partial charge in [-0.1, -0.05) is 72.3 Å². The first-order chi connectivity index (χ1) is 16.5. The van der Waals surface area contributed by atoms with E-state index >= 15 is 0 Å². The normalized spacial score (nSPS) is 11.2. The van der Waals surface area contributed by atoms with Gasteiger partial charge in [-0.15, -0.1) is 0 Å². The summed E-state index contributed by atoms with van der Waals surface area (Å²) in [4.78, 5) is 12.7. The molecule has 0 aromatic heterocycles. The van der Waals surface area contributed by atoms with Crippen molar-refractivity contribution in [3.05, 3.63) is 111 Å². The highest BCUT2D eigenvalue weighted by Crippen LogP contribution is 2.29. The van der Waals surface area contributed by atoms with Gasteiger partial charge in [-0.05, 0) is 74.6 Å². The molecule has 0 bridgehead atoms. The van der Waals surface area contributed by atoms with Gasteiger partial charge in [-0.3, -0.25) is 4.79 Å². The van der Waals surface area contributed by atoms with Crippen molar-refractivity contribution >= 4 is 56.0 Å². The molecule has 0 spiro atoms. The lowest BCUT2D eigenvalue weighted by Crippen LogP contribution is -2.14. The molecule has 1 amide bonds. The largest absolute Gasteiger partial charge is 0.488 e. The molecule has 0 saturated heterocycles. The quantitative estimate of drug-likeness (QED) is 0.205. The van der Waals surface area contributed by atoms with Crippen LogP contribution in [0.15, 0.2) is 88.9 Å². The highest BCUT2D eigenvalue weighted by Gasteiger charge is 2.14. The van der Waals surface area contributed by atoms with Crippen molar-refractivity contribution < 1.29 is 9.53 Å². The zero-order chi connectivity index (χ0) is 24.1. The van der Waals surface area contributed by atoms with E-state index in [0.29, 0.717) is 28.6 Å². The van der Waals surface area contributed by atoms with Crippen LogP contribution in [-0.4, -0.2) is 5.91 Å². The van der Waals surface area contributed by atoms with Crippen LogP contribution in [0.2, 0.25) is 5.02 Å². The molecule has 6 heteroatoms. The predicted octanol–water partition coefficient (Wildman–Crippen LogP) is 7.69. The number of hydrogen-bond donors (Lipinski definition) is 1. The van der Waals surface area contributed by atoms with Gasteiger partial charge in [0.2, 0.25) is 0 Å². The zero-order valence-corrected chi connectivity index (χ0v) is 20.7. The first-order valence-electron chi connectivity index (χ1n) is 10.5. The van der Waals surface area contributed by atoms with Crippen molar-refractivity contribution in [3.63, 3.8) is 0 Å². The van der Waals surface area contributed by atoms with Crippen LogP contribution in [0, 0.1) is 18.3 Å². The monoisotopic (exact) mass is 530 g/mol. The molecule has 0 aliphatic heterocycles. The molecule has 1 N–H and O–H groups in total. The minimum absolute atomic E-state index is 0.0318. The number of carbonyl (C=O) groups excluding carboxylic acids is 1. The van der Waals surface area contributed by atoms with Gasteiger partial charge in [0.1, 0.15) is 24.0 Å². The summed E-state index contributed by atoms with van der Waals surface area (Å²) < 4.78 is 6.77. The number of aryl methyl sites for hydroxylation is 1. The lowest BCUT2D eigenvalue weighted by Gasteiger charge is -2.11. The third kappa shape index (κ3) is 5.31. The van der Waals surface area contributed by atoms with E-state index in [2.05, 4.69) is 39.4 Å². The van der Waals surface area contributed by atoms with Crippen molar-refractivity contribution in [3.8, 4) is 11.8 Å². The molecule has 0 aliphatic carbocycles. The highest BCUT2D eigenvalue weighted by molar-refractivity contribution is 9.10. The third-order valence-corrected chi connectivity index (χ3v) is 6.29. The van der Waals surface area contributed by atoms with Crippen molar-refractivity contribution in [2.45, 2.75) is 13.5 Å². The van der Waals surface area contributed by atoms with Gasteiger partial charge in [-0.2, -0.15) is 5.26 Å². The zero-order valence-electron chi connectivity index (χ0n) is 18.3. The fraction of sp³-hybridized carbons (Fsp3) is 0.0714. The molecule has 0 fully saturated rings. The predicted molar refractivity (Wildman–Crippen MR) is 141 cm³/mol. The molecule has 0 aliphatic rings. The van der Waals surface area contributed by atoms with Crippen LogP contribution >= 0.6 is 27.5 Å². The van der Waals surface area contributed by atoms with Crippen LogP contribution in [0.25, 0.3) is 16.8 Å². The number of nitrogens with zero attached hydrogens (tertiary/aromatic N) is 1. The van der Waals surface area contributed by atoms with E-state index in [9.17, 15) is 10.1 Å². The number of fused-ring (bicyclic) bond motifs is 1. The SMILES string of the molecule is Cc1cccc(Cl)c1NC(=O)/C(C#N)=C/c1ccc(OCc2cccc3ccccc23)c(Br)c1. The number of anilines is 1. The number of hydrogen-bond acceptors (Lipinski definition) is 3. The molecule has 0 saturated carbocycles. The molecule has 0 atom stereocenters. The van der Waals surface area contributed by atoms with Crippen LogP contribution in [0.3, 0.4) is 0 Å². The van der Waals surface area contributed by atoms with Gasteiger partial charge < -0.3 is 10.1 Å². The number of nitriles is 1. The maximum atomic E-state index is 12.7. The topological polar surface area (TPSA) is 62.1 Å². The molecule has 4 rings (SSSR count). The third-order valence-electron chi connectivity index (χ3n) is 5.36.